The molecule has 2 rings (SSSR count). The number of pyridine rings is 1. The monoisotopic (exact) mass is 277 g/mol. The summed E-state index contributed by atoms with van der Waals surface area (Å²) in [7, 11) is 0. The standard InChI is InChI=1S/C13H19N5S/c1-3-4-18-12(6-14)16-17-13(18)19-9-11-5-10(2)7-15-8-11/h5,7-8H,3-4,6,9,14H2,1-2H3. The van der Waals surface area contributed by atoms with E-state index in [9.17, 15) is 0 Å². The number of nitrogens with two attached hydrogens (primary N) is 1. The Morgan fingerprint density at radius 1 is 1.32 bits per heavy atom. The van der Waals surface area contributed by atoms with Crippen LogP contribution in [0.3, 0.4) is 0 Å². The van der Waals surface area contributed by atoms with Crippen LogP contribution in [-0.4, -0.2) is 19.7 Å². The van der Waals surface area contributed by atoms with E-state index in [1.807, 2.05) is 19.3 Å². The Morgan fingerprint density at radius 2 is 2.16 bits per heavy atom. The fourth-order valence-corrected chi connectivity index (χ4v) is 2.77. The third-order valence-electron chi connectivity index (χ3n) is 2.72. The lowest BCUT2D eigenvalue weighted by molar-refractivity contribution is 0.592. The molecule has 2 aromatic rings. The molecular weight excluding hydrogens is 258 g/mol. The first-order valence-electron chi connectivity index (χ1n) is 6.40. The first kappa shape index (κ1) is 14.0. The van der Waals surface area contributed by atoms with Gasteiger partial charge < -0.3 is 10.3 Å². The fourth-order valence-electron chi connectivity index (χ4n) is 1.87. The molecule has 0 fully saturated rings. The first-order valence-corrected chi connectivity index (χ1v) is 7.38. The van der Waals surface area contributed by atoms with Crippen LogP contribution in [0, 0.1) is 6.92 Å². The summed E-state index contributed by atoms with van der Waals surface area (Å²) in [6.45, 7) is 5.53. The summed E-state index contributed by atoms with van der Waals surface area (Å²) in [5.74, 6) is 1.70. The minimum Gasteiger partial charge on any atom is -0.324 e. The maximum Gasteiger partial charge on any atom is 0.191 e. The molecule has 0 bridgehead atoms. The van der Waals surface area contributed by atoms with Crippen LogP contribution >= 0.6 is 11.8 Å². The quantitative estimate of drug-likeness (QED) is 0.819. The van der Waals surface area contributed by atoms with E-state index in [1.165, 1.54) is 11.1 Å². The van der Waals surface area contributed by atoms with Crippen LogP contribution in [0.25, 0.3) is 0 Å². The van der Waals surface area contributed by atoms with Gasteiger partial charge in [-0.05, 0) is 24.5 Å². The van der Waals surface area contributed by atoms with E-state index in [0.29, 0.717) is 6.54 Å². The Bertz CT molecular complexity index is 538. The predicted molar refractivity (Wildman–Crippen MR) is 76.7 cm³/mol. The van der Waals surface area contributed by atoms with Gasteiger partial charge in [-0.3, -0.25) is 4.98 Å². The first-order chi connectivity index (χ1) is 9.24. The Kier molecular flexibility index (Phi) is 4.93. The van der Waals surface area contributed by atoms with E-state index in [0.717, 1.165) is 29.7 Å². The van der Waals surface area contributed by atoms with Crippen LogP contribution in [-0.2, 0) is 18.8 Å². The average molecular weight is 277 g/mol. The van der Waals surface area contributed by atoms with Crippen molar-refractivity contribution in [3.8, 4) is 0 Å². The minimum atomic E-state index is 0.430. The molecule has 0 aromatic carbocycles. The minimum absolute atomic E-state index is 0.430. The van der Waals surface area contributed by atoms with Crippen molar-refractivity contribution < 1.29 is 0 Å². The largest absolute Gasteiger partial charge is 0.324 e. The number of aromatic nitrogens is 4. The highest BCUT2D eigenvalue weighted by atomic mass is 32.2. The number of thioether (sulfide) groups is 1. The summed E-state index contributed by atoms with van der Waals surface area (Å²) in [6.07, 6.45) is 4.80. The van der Waals surface area contributed by atoms with Crippen LogP contribution in [0.5, 0.6) is 0 Å². The molecule has 6 heteroatoms. The molecule has 2 heterocycles. The van der Waals surface area contributed by atoms with Crippen molar-refractivity contribution in [2.45, 2.75) is 44.3 Å². The zero-order valence-electron chi connectivity index (χ0n) is 11.3. The fraction of sp³-hybridized carbons (Fsp3) is 0.462. The second kappa shape index (κ2) is 6.68. The lowest BCUT2D eigenvalue weighted by Gasteiger charge is -2.07. The summed E-state index contributed by atoms with van der Waals surface area (Å²) >= 11 is 1.68. The maximum absolute atomic E-state index is 5.68. The van der Waals surface area contributed by atoms with Gasteiger partial charge in [0.2, 0.25) is 0 Å². The molecule has 102 valence electrons. The molecule has 0 saturated heterocycles. The van der Waals surface area contributed by atoms with E-state index >= 15 is 0 Å². The van der Waals surface area contributed by atoms with Crippen LogP contribution in [0.2, 0.25) is 0 Å². The maximum atomic E-state index is 5.68. The molecule has 0 aliphatic heterocycles. The summed E-state index contributed by atoms with van der Waals surface area (Å²) < 4.78 is 2.11. The Labute approximate surface area is 117 Å². The van der Waals surface area contributed by atoms with E-state index in [-0.39, 0.29) is 0 Å². The van der Waals surface area contributed by atoms with Gasteiger partial charge in [-0.25, -0.2) is 0 Å². The molecular formula is C13H19N5S. The Hall–Kier alpha value is -1.40. The third-order valence-corrected chi connectivity index (χ3v) is 3.76. The Morgan fingerprint density at radius 3 is 2.84 bits per heavy atom. The molecule has 0 spiro atoms. The molecule has 0 aliphatic rings. The van der Waals surface area contributed by atoms with Crippen molar-refractivity contribution >= 4 is 11.8 Å². The van der Waals surface area contributed by atoms with Gasteiger partial charge >= 0.3 is 0 Å². The lowest BCUT2D eigenvalue weighted by atomic mass is 10.2. The highest BCUT2D eigenvalue weighted by molar-refractivity contribution is 7.98. The number of rotatable bonds is 6. The number of aryl methyl sites for hydroxylation is 1. The van der Waals surface area contributed by atoms with Gasteiger partial charge in [0.05, 0.1) is 6.54 Å². The van der Waals surface area contributed by atoms with Gasteiger partial charge in [-0.2, -0.15) is 0 Å². The molecule has 0 radical (unpaired) electrons. The van der Waals surface area contributed by atoms with Crippen molar-refractivity contribution in [1.29, 1.82) is 0 Å². The SMILES string of the molecule is CCCn1c(CN)nnc1SCc1cncc(C)c1. The van der Waals surface area contributed by atoms with Crippen molar-refractivity contribution in [3.63, 3.8) is 0 Å². The van der Waals surface area contributed by atoms with Gasteiger partial charge in [0.15, 0.2) is 5.16 Å². The van der Waals surface area contributed by atoms with Crippen molar-refractivity contribution in [1.82, 2.24) is 19.7 Å². The summed E-state index contributed by atoms with van der Waals surface area (Å²) in [5.41, 5.74) is 8.05. The summed E-state index contributed by atoms with van der Waals surface area (Å²) in [5, 5.41) is 9.29. The number of nitrogens with zero attached hydrogens (tertiary/aromatic N) is 4. The predicted octanol–water partition coefficient (Wildman–Crippen LogP) is 2.14. The van der Waals surface area contributed by atoms with Crippen LogP contribution in [0.4, 0.5) is 0 Å². The van der Waals surface area contributed by atoms with Crippen LogP contribution < -0.4 is 5.73 Å². The average Bonchev–Trinajstić information content (AvgIpc) is 2.79. The topological polar surface area (TPSA) is 69.6 Å². The molecule has 2 aromatic heterocycles. The third kappa shape index (κ3) is 3.54. The highest BCUT2D eigenvalue weighted by Gasteiger charge is 2.10. The zero-order valence-corrected chi connectivity index (χ0v) is 12.2. The molecule has 0 aliphatic carbocycles. The number of hydrogen-bond donors (Lipinski definition) is 1. The van der Waals surface area contributed by atoms with E-state index < -0.39 is 0 Å². The lowest BCUT2D eigenvalue weighted by Crippen LogP contribution is -2.09. The van der Waals surface area contributed by atoms with Gasteiger partial charge in [-0.1, -0.05) is 24.8 Å². The van der Waals surface area contributed by atoms with E-state index in [1.54, 1.807) is 11.8 Å². The summed E-state index contributed by atoms with van der Waals surface area (Å²) in [4.78, 5) is 4.20. The second-order valence-electron chi connectivity index (χ2n) is 4.41. The molecule has 0 saturated carbocycles. The zero-order chi connectivity index (χ0) is 13.7. The van der Waals surface area contributed by atoms with Crippen LogP contribution in [0.1, 0.15) is 30.3 Å². The number of hydrogen-bond acceptors (Lipinski definition) is 5. The van der Waals surface area contributed by atoms with Crippen molar-refractivity contribution in [2.75, 3.05) is 0 Å². The smallest absolute Gasteiger partial charge is 0.191 e. The molecule has 0 unspecified atom stereocenters. The molecule has 19 heavy (non-hydrogen) atoms. The van der Waals surface area contributed by atoms with E-state index in [4.69, 9.17) is 5.73 Å². The molecule has 5 nitrogen and oxygen atoms in total. The molecule has 2 N–H and O–H groups in total. The van der Waals surface area contributed by atoms with Gasteiger partial charge in [0.1, 0.15) is 5.82 Å². The second-order valence-corrected chi connectivity index (χ2v) is 5.36. The summed E-state index contributed by atoms with van der Waals surface area (Å²) in [6, 6.07) is 2.14. The van der Waals surface area contributed by atoms with Crippen molar-refractivity contribution in [2.24, 2.45) is 5.73 Å². The molecule has 0 atom stereocenters. The van der Waals surface area contributed by atoms with Gasteiger partial charge in [0.25, 0.3) is 0 Å². The van der Waals surface area contributed by atoms with Crippen LogP contribution in [0.15, 0.2) is 23.6 Å². The van der Waals surface area contributed by atoms with E-state index in [2.05, 4.69) is 32.7 Å². The molecule has 0 amide bonds. The van der Waals surface area contributed by atoms with Crippen molar-refractivity contribution in [3.05, 3.63) is 35.4 Å². The van der Waals surface area contributed by atoms with Gasteiger partial charge in [-0.15, -0.1) is 10.2 Å². The Balaban J connectivity index is 2.08. The normalized spacial score (nSPS) is 10.9. The van der Waals surface area contributed by atoms with Gasteiger partial charge in [0, 0.05) is 24.7 Å². The highest BCUT2D eigenvalue weighted by Crippen LogP contribution is 2.22.